The highest BCUT2D eigenvalue weighted by atomic mass is 32.1. The van der Waals surface area contributed by atoms with E-state index in [1.54, 1.807) is 12.1 Å². The van der Waals surface area contributed by atoms with Gasteiger partial charge in [-0.15, -0.1) is 11.3 Å². The van der Waals surface area contributed by atoms with E-state index in [0.717, 1.165) is 23.1 Å². The van der Waals surface area contributed by atoms with Crippen LogP contribution in [0.5, 0.6) is 0 Å². The number of thiophene rings is 1. The van der Waals surface area contributed by atoms with E-state index >= 15 is 0 Å². The SMILES string of the molecule is CC1(c2cc(F)ccc2F)NC(=O)N(CC(=O)N2N=C(c3ccco3)CC2c2cccs2)C1=O. The second-order valence-electron chi connectivity index (χ2n) is 8.07. The molecule has 4 amide bonds. The lowest BCUT2D eigenvalue weighted by Crippen LogP contribution is -2.44. The van der Waals surface area contributed by atoms with E-state index in [9.17, 15) is 23.2 Å². The maximum Gasteiger partial charge on any atom is 0.325 e. The number of urea groups is 1. The zero-order valence-corrected chi connectivity index (χ0v) is 18.6. The van der Waals surface area contributed by atoms with E-state index in [0.29, 0.717) is 22.8 Å². The van der Waals surface area contributed by atoms with Gasteiger partial charge in [-0.2, -0.15) is 5.10 Å². The minimum Gasteiger partial charge on any atom is -0.463 e. The molecule has 2 unspecified atom stereocenters. The lowest BCUT2D eigenvalue weighted by atomic mass is 9.91. The number of amides is 4. The van der Waals surface area contributed by atoms with Gasteiger partial charge < -0.3 is 9.73 Å². The second kappa shape index (κ2) is 8.17. The van der Waals surface area contributed by atoms with Gasteiger partial charge in [0.2, 0.25) is 0 Å². The Balaban J connectivity index is 1.42. The smallest absolute Gasteiger partial charge is 0.325 e. The quantitative estimate of drug-likeness (QED) is 0.558. The molecule has 1 saturated heterocycles. The van der Waals surface area contributed by atoms with Crippen molar-refractivity contribution in [1.29, 1.82) is 0 Å². The van der Waals surface area contributed by atoms with Crippen molar-refractivity contribution in [2.75, 3.05) is 6.54 Å². The topological polar surface area (TPSA) is 95.2 Å². The zero-order valence-electron chi connectivity index (χ0n) is 17.8. The number of halogens is 2. The maximum absolute atomic E-state index is 14.4. The van der Waals surface area contributed by atoms with Gasteiger partial charge in [-0.05, 0) is 48.7 Å². The molecule has 11 heteroatoms. The van der Waals surface area contributed by atoms with Gasteiger partial charge in [0.1, 0.15) is 35.2 Å². The van der Waals surface area contributed by atoms with Crippen LogP contribution < -0.4 is 5.32 Å². The van der Waals surface area contributed by atoms with Crippen molar-refractivity contribution in [3.05, 3.63) is 81.9 Å². The molecule has 34 heavy (non-hydrogen) atoms. The van der Waals surface area contributed by atoms with Crippen LogP contribution in [0, 0.1) is 11.6 Å². The number of hydrazone groups is 1. The summed E-state index contributed by atoms with van der Waals surface area (Å²) >= 11 is 1.45. The average molecular weight is 484 g/mol. The van der Waals surface area contributed by atoms with E-state index in [1.165, 1.54) is 29.5 Å². The molecular formula is C23H18F2N4O4S. The molecule has 0 aliphatic carbocycles. The summed E-state index contributed by atoms with van der Waals surface area (Å²) in [7, 11) is 0. The van der Waals surface area contributed by atoms with Crippen LogP contribution in [0.4, 0.5) is 13.6 Å². The van der Waals surface area contributed by atoms with E-state index in [-0.39, 0.29) is 5.56 Å². The van der Waals surface area contributed by atoms with E-state index < -0.39 is 47.6 Å². The van der Waals surface area contributed by atoms with Crippen LogP contribution in [0.15, 0.2) is 63.6 Å². The molecule has 0 spiro atoms. The van der Waals surface area contributed by atoms with E-state index in [2.05, 4.69) is 10.4 Å². The van der Waals surface area contributed by atoms with Crippen molar-refractivity contribution in [1.82, 2.24) is 15.2 Å². The number of furan rings is 1. The highest BCUT2D eigenvalue weighted by Crippen LogP contribution is 2.36. The number of rotatable bonds is 5. The Morgan fingerprint density at radius 2 is 2.09 bits per heavy atom. The normalized spacial score (nSPS) is 22.3. The van der Waals surface area contributed by atoms with Crippen molar-refractivity contribution in [3.8, 4) is 0 Å². The third-order valence-corrected chi connectivity index (χ3v) is 6.85. The Labute approximate surface area is 196 Å². The van der Waals surface area contributed by atoms with Gasteiger partial charge in [0, 0.05) is 16.9 Å². The molecule has 1 fully saturated rings. The van der Waals surface area contributed by atoms with Crippen molar-refractivity contribution in [2.45, 2.75) is 24.9 Å². The summed E-state index contributed by atoms with van der Waals surface area (Å²) in [5, 5.41) is 9.92. The van der Waals surface area contributed by atoms with Crippen molar-refractivity contribution < 1.29 is 27.6 Å². The van der Waals surface area contributed by atoms with Crippen LogP contribution in [0.2, 0.25) is 0 Å². The molecule has 2 aliphatic heterocycles. The Kier molecular flexibility index (Phi) is 5.28. The Bertz CT molecular complexity index is 1310. The number of nitrogens with zero attached hydrogens (tertiary/aromatic N) is 3. The first-order chi connectivity index (χ1) is 16.3. The molecule has 8 nitrogen and oxygen atoms in total. The summed E-state index contributed by atoms with van der Waals surface area (Å²) in [6.45, 7) is 0.654. The molecule has 2 atom stereocenters. The Hall–Kier alpha value is -3.86. The predicted octanol–water partition coefficient (Wildman–Crippen LogP) is 3.76. The fourth-order valence-corrected chi connectivity index (χ4v) is 4.96. The number of carbonyl (C=O) groups excluding carboxylic acids is 3. The third kappa shape index (κ3) is 3.58. The van der Waals surface area contributed by atoms with Gasteiger partial charge >= 0.3 is 6.03 Å². The predicted molar refractivity (Wildman–Crippen MR) is 118 cm³/mol. The lowest BCUT2D eigenvalue weighted by Gasteiger charge is -2.24. The molecule has 0 bridgehead atoms. The van der Waals surface area contributed by atoms with E-state index in [1.807, 2.05) is 17.5 Å². The summed E-state index contributed by atoms with van der Waals surface area (Å²) < 4.78 is 33.6. The number of carbonyl (C=O) groups is 3. The highest BCUT2D eigenvalue weighted by Gasteiger charge is 2.51. The van der Waals surface area contributed by atoms with Gasteiger partial charge in [0.05, 0.1) is 12.3 Å². The van der Waals surface area contributed by atoms with Gasteiger partial charge in [0.15, 0.2) is 0 Å². The monoisotopic (exact) mass is 484 g/mol. The maximum atomic E-state index is 14.4. The van der Waals surface area contributed by atoms with Crippen molar-refractivity contribution in [2.24, 2.45) is 5.10 Å². The summed E-state index contributed by atoms with van der Waals surface area (Å²) in [6, 6.07) is 8.49. The standard InChI is InChI=1S/C23H18F2N4O4S/c1-23(14-10-13(24)6-7-15(14)25)21(31)28(22(32)26-23)12-20(30)29-17(19-5-3-9-34-19)11-16(27-29)18-4-2-8-33-18/h2-10,17H,11-12H2,1H3,(H,26,32). The fourth-order valence-electron chi connectivity index (χ4n) is 4.15. The Morgan fingerprint density at radius 1 is 1.26 bits per heavy atom. The minimum absolute atomic E-state index is 0.323. The molecule has 0 saturated carbocycles. The number of nitrogens with one attached hydrogen (secondary N) is 1. The first-order valence-electron chi connectivity index (χ1n) is 10.3. The third-order valence-electron chi connectivity index (χ3n) is 5.88. The molecular weight excluding hydrogens is 466 g/mol. The second-order valence-corrected chi connectivity index (χ2v) is 9.05. The summed E-state index contributed by atoms with van der Waals surface area (Å²) in [5.74, 6) is -2.56. The van der Waals surface area contributed by atoms with Crippen LogP contribution >= 0.6 is 11.3 Å². The van der Waals surface area contributed by atoms with Crippen molar-refractivity contribution in [3.63, 3.8) is 0 Å². The highest BCUT2D eigenvalue weighted by molar-refractivity contribution is 7.10. The first kappa shape index (κ1) is 22.0. The summed E-state index contributed by atoms with van der Waals surface area (Å²) in [4.78, 5) is 40.6. The molecule has 3 aromatic rings. The molecule has 174 valence electrons. The molecule has 1 N–H and O–H groups in total. The van der Waals surface area contributed by atoms with Crippen LogP contribution in [0.3, 0.4) is 0 Å². The van der Waals surface area contributed by atoms with Crippen LogP contribution in [0.25, 0.3) is 0 Å². The molecule has 2 aliphatic rings. The van der Waals surface area contributed by atoms with Crippen molar-refractivity contribution >= 4 is 34.9 Å². The molecule has 0 radical (unpaired) electrons. The van der Waals surface area contributed by atoms with Gasteiger partial charge in [0.25, 0.3) is 11.8 Å². The van der Waals surface area contributed by atoms with Gasteiger partial charge in [-0.1, -0.05) is 6.07 Å². The number of hydrogen-bond acceptors (Lipinski definition) is 6. The summed E-state index contributed by atoms with van der Waals surface area (Å²) in [6.07, 6.45) is 1.90. The first-order valence-corrected chi connectivity index (χ1v) is 11.2. The summed E-state index contributed by atoms with van der Waals surface area (Å²) in [5.41, 5.74) is -1.62. The number of imide groups is 1. The number of benzene rings is 1. The molecule has 2 aromatic heterocycles. The Morgan fingerprint density at radius 3 is 2.79 bits per heavy atom. The fraction of sp³-hybridized carbons (Fsp3) is 0.217. The van der Waals surface area contributed by atoms with E-state index in [4.69, 9.17) is 4.42 Å². The minimum atomic E-state index is -1.86. The van der Waals surface area contributed by atoms with Crippen LogP contribution in [0.1, 0.15) is 35.6 Å². The van der Waals surface area contributed by atoms with Gasteiger partial charge in [-0.3, -0.25) is 14.5 Å². The molecule has 1 aromatic carbocycles. The average Bonchev–Trinajstić information content (AvgIpc) is 3.60. The molecule has 5 rings (SSSR count). The largest absolute Gasteiger partial charge is 0.463 e. The van der Waals surface area contributed by atoms with Gasteiger partial charge in [-0.25, -0.2) is 18.6 Å². The van der Waals surface area contributed by atoms with Crippen LogP contribution in [-0.2, 0) is 15.1 Å². The molecule has 4 heterocycles. The van der Waals surface area contributed by atoms with Crippen LogP contribution in [-0.4, -0.2) is 40.0 Å². The lowest BCUT2D eigenvalue weighted by molar-refractivity contribution is -0.140. The number of hydrogen-bond donors (Lipinski definition) is 1. The zero-order chi connectivity index (χ0) is 24.0.